The minimum atomic E-state index is -0.409. The number of benzene rings is 4. The Morgan fingerprint density at radius 1 is 0.944 bits per heavy atom. The van der Waals surface area contributed by atoms with E-state index in [4.69, 9.17) is 11.6 Å². The van der Waals surface area contributed by atoms with Crippen LogP contribution in [0.2, 0.25) is 5.02 Å². The summed E-state index contributed by atoms with van der Waals surface area (Å²) in [6.45, 7) is 8.19. The van der Waals surface area contributed by atoms with Gasteiger partial charge in [0, 0.05) is 24.2 Å². The molecular weight excluding hydrogens is 470 g/mol. The maximum absolute atomic E-state index is 12.3. The third kappa shape index (κ3) is 6.11. The van der Waals surface area contributed by atoms with E-state index in [1.54, 1.807) is 6.21 Å². The topological polar surface area (TPSA) is 73.7 Å². The molecule has 184 valence electrons. The van der Waals surface area contributed by atoms with Crippen LogP contribution in [-0.2, 0) is 18.5 Å². The molecule has 0 atom stereocenters. The summed E-state index contributed by atoms with van der Waals surface area (Å²) < 4.78 is 0. The van der Waals surface area contributed by atoms with E-state index in [9.17, 15) is 9.90 Å². The summed E-state index contributed by atoms with van der Waals surface area (Å²) in [5, 5.41) is 19.5. The number of hydrazone groups is 1. The number of aromatic hydroxyl groups is 1. The minimum absolute atomic E-state index is 0.0730. The lowest BCUT2D eigenvalue weighted by Crippen LogP contribution is -2.17. The van der Waals surface area contributed by atoms with E-state index in [1.165, 1.54) is 34.9 Å². The Hall–Kier alpha value is -3.67. The van der Waals surface area contributed by atoms with E-state index >= 15 is 0 Å². The fourth-order valence-electron chi connectivity index (χ4n) is 3.99. The first-order chi connectivity index (χ1) is 17.2. The standard InChI is InChI=1S/C30H30ClN3O2/c1-30(2,3)24-13-8-20(9-14-24)17-32-18-22-10-11-23(26-7-5-4-6-25(22)26)19-33-34-29(36)21-12-15-28(35)27(31)16-21/h4-16,19,32,35H,17-18H2,1-3H3,(H,34,36)/b33-19+. The fraction of sp³-hybridized carbons (Fsp3) is 0.200. The molecule has 0 spiro atoms. The van der Waals surface area contributed by atoms with Gasteiger partial charge in [0.05, 0.1) is 11.2 Å². The second kappa shape index (κ2) is 10.9. The van der Waals surface area contributed by atoms with Crippen molar-refractivity contribution >= 4 is 34.5 Å². The summed E-state index contributed by atoms with van der Waals surface area (Å²) >= 11 is 5.89. The first kappa shape index (κ1) is 25.4. The minimum Gasteiger partial charge on any atom is -0.506 e. The summed E-state index contributed by atoms with van der Waals surface area (Å²) in [6.07, 6.45) is 1.64. The van der Waals surface area contributed by atoms with Gasteiger partial charge in [-0.1, -0.05) is 93.0 Å². The van der Waals surface area contributed by atoms with Gasteiger partial charge in [0.1, 0.15) is 5.75 Å². The number of phenolic OH excluding ortho intramolecular Hbond substituents is 1. The van der Waals surface area contributed by atoms with E-state index in [2.05, 4.69) is 73.0 Å². The molecule has 0 fully saturated rings. The molecule has 0 unspecified atom stereocenters. The normalized spacial score (nSPS) is 11.8. The molecule has 4 aromatic rings. The van der Waals surface area contributed by atoms with E-state index in [0.717, 1.165) is 29.4 Å². The quantitative estimate of drug-likeness (QED) is 0.199. The molecule has 0 aliphatic rings. The Morgan fingerprint density at radius 3 is 2.36 bits per heavy atom. The van der Waals surface area contributed by atoms with Crippen LogP contribution in [0.5, 0.6) is 5.75 Å². The van der Waals surface area contributed by atoms with Gasteiger partial charge in [0.25, 0.3) is 5.91 Å². The van der Waals surface area contributed by atoms with Crippen molar-refractivity contribution in [3.8, 4) is 5.75 Å². The molecule has 1 amide bonds. The van der Waals surface area contributed by atoms with Crippen molar-refractivity contribution in [2.45, 2.75) is 39.3 Å². The van der Waals surface area contributed by atoms with Crippen molar-refractivity contribution in [1.29, 1.82) is 0 Å². The Kier molecular flexibility index (Phi) is 7.73. The average Bonchev–Trinajstić information content (AvgIpc) is 2.86. The van der Waals surface area contributed by atoms with Crippen LogP contribution in [0, 0.1) is 0 Å². The van der Waals surface area contributed by atoms with Gasteiger partial charge in [-0.2, -0.15) is 5.10 Å². The summed E-state index contributed by atoms with van der Waals surface area (Å²) in [7, 11) is 0. The lowest BCUT2D eigenvalue weighted by atomic mass is 9.87. The van der Waals surface area contributed by atoms with Gasteiger partial charge in [-0.3, -0.25) is 4.79 Å². The number of carbonyl (C=O) groups is 1. The van der Waals surface area contributed by atoms with Gasteiger partial charge in [-0.15, -0.1) is 0 Å². The van der Waals surface area contributed by atoms with Gasteiger partial charge >= 0.3 is 0 Å². The SMILES string of the molecule is CC(C)(C)c1ccc(CNCc2ccc(/C=N/NC(=O)c3ccc(O)c(Cl)c3)c3ccccc23)cc1. The predicted molar refractivity (Wildman–Crippen MR) is 148 cm³/mol. The maximum atomic E-state index is 12.3. The van der Waals surface area contributed by atoms with E-state index in [0.29, 0.717) is 5.56 Å². The highest BCUT2D eigenvalue weighted by atomic mass is 35.5. The van der Waals surface area contributed by atoms with Crippen LogP contribution in [0.4, 0.5) is 0 Å². The molecule has 0 heterocycles. The molecule has 5 nitrogen and oxygen atoms in total. The van der Waals surface area contributed by atoms with E-state index < -0.39 is 5.91 Å². The molecule has 6 heteroatoms. The van der Waals surface area contributed by atoms with Crippen LogP contribution in [0.1, 0.15) is 53.4 Å². The van der Waals surface area contributed by atoms with Crippen molar-refractivity contribution in [1.82, 2.24) is 10.7 Å². The van der Waals surface area contributed by atoms with Crippen molar-refractivity contribution in [2.24, 2.45) is 5.10 Å². The van der Waals surface area contributed by atoms with Crippen LogP contribution in [0.25, 0.3) is 10.8 Å². The van der Waals surface area contributed by atoms with Crippen LogP contribution in [0.3, 0.4) is 0 Å². The highest BCUT2D eigenvalue weighted by molar-refractivity contribution is 6.32. The average molecular weight is 500 g/mol. The number of hydrogen-bond acceptors (Lipinski definition) is 4. The molecule has 0 saturated heterocycles. The monoisotopic (exact) mass is 499 g/mol. The Labute approximate surface area is 216 Å². The molecule has 0 bridgehead atoms. The molecular formula is C30H30ClN3O2. The largest absolute Gasteiger partial charge is 0.506 e. The van der Waals surface area contributed by atoms with Gasteiger partial charge in [0.15, 0.2) is 0 Å². The first-order valence-corrected chi connectivity index (χ1v) is 12.2. The number of carbonyl (C=O) groups excluding carboxylic acids is 1. The lowest BCUT2D eigenvalue weighted by Gasteiger charge is -2.19. The fourth-order valence-corrected chi connectivity index (χ4v) is 4.17. The van der Waals surface area contributed by atoms with Crippen LogP contribution in [-0.4, -0.2) is 17.2 Å². The van der Waals surface area contributed by atoms with Crippen LogP contribution < -0.4 is 10.7 Å². The van der Waals surface area contributed by atoms with Crippen molar-refractivity contribution in [3.63, 3.8) is 0 Å². The zero-order valence-electron chi connectivity index (χ0n) is 20.7. The van der Waals surface area contributed by atoms with Crippen molar-refractivity contribution < 1.29 is 9.90 Å². The molecule has 36 heavy (non-hydrogen) atoms. The summed E-state index contributed by atoms with van der Waals surface area (Å²) in [5.74, 6) is -0.481. The summed E-state index contributed by atoms with van der Waals surface area (Å²) in [4.78, 5) is 12.3. The zero-order chi connectivity index (χ0) is 25.7. The highest BCUT2D eigenvalue weighted by Gasteiger charge is 2.13. The number of nitrogens with one attached hydrogen (secondary N) is 2. The summed E-state index contributed by atoms with van der Waals surface area (Å²) in [6, 6.07) is 25.3. The molecule has 0 radical (unpaired) electrons. The first-order valence-electron chi connectivity index (χ1n) is 11.8. The van der Waals surface area contributed by atoms with Crippen LogP contribution in [0.15, 0.2) is 84.0 Å². The molecule has 4 rings (SSSR count). The van der Waals surface area contributed by atoms with Crippen molar-refractivity contribution in [3.05, 3.63) is 112 Å². The Bertz CT molecular complexity index is 1410. The summed E-state index contributed by atoms with van der Waals surface area (Å²) in [5.41, 5.74) is 7.66. The number of hydrogen-bond donors (Lipinski definition) is 3. The number of rotatable bonds is 7. The third-order valence-electron chi connectivity index (χ3n) is 6.09. The van der Waals surface area contributed by atoms with Gasteiger partial charge in [0.2, 0.25) is 0 Å². The smallest absolute Gasteiger partial charge is 0.271 e. The number of halogens is 1. The number of fused-ring (bicyclic) bond motifs is 1. The molecule has 3 N–H and O–H groups in total. The third-order valence-corrected chi connectivity index (χ3v) is 6.39. The second-order valence-electron chi connectivity index (χ2n) is 9.78. The van der Waals surface area contributed by atoms with Crippen molar-refractivity contribution in [2.75, 3.05) is 0 Å². The number of nitrogens with zero attached hydrogens (tertiary/aromatic N) is 1. The molecule has 0 saturated carbocycles. The molecule has 4 aromatic carbocycles. The Balaban J connectivity index is 1.43. The Morgan fingerprint density at radius 2 is 1.67 bits per heavy atom. The lowest BCUT2D eigenvalue weighted by molar-refractivity contribution is 0.0955. The number of phenols is 1. The van der Waals surface area contributed by atoms with E-state index in [-0.39, 0.29) is 16.2 Å². The highest BCUT2D eigenvalue weighted by Crippen LogP contribution is 2.25. The number of amides is 1. The van der Waals surface area contributed by atoms with E-state index in [1.807, 2.05) is 24.3 Å². The van der Waals surface area contributed by atoms with Gasteiger partial charge < -0.3 is 10.4 Å². The molecule has 0 aliphatic carbocycles. The second-order valence-corrected chi connectivity index (χ2v) is 10.2. The van der Waals surface area contributed by atoms with Crippen LogP contribution >= 0.6 is 11.6 Å². The molecule has 0 aromatic heterocycles. The maximum Gasteiger partial charge on any atom is 0.271 e. The molecule has 0 aliphatic heterocycles. The van der Waals surface area contributed by atoms with Gasteiger partial charge in [-0.25, -0.2) is 5.43 Å². The zero-order valence-corrected chi connectivity index (χ0v) is 21.4. The predicted octanol–water partition coefficient (Wildman–Crippen LogP) is 6.55. The van der Waals surface area contributed by atoms with Gasteiger partial charge in [-0.05, 0) is 51.1 Å².